The van der Waals surface area contributed by atoms with E-state index in [2.05, 4.69) is 15.3 Å². The Kier molecular flexibility index (Phi) is 4.29. The third-order valence-corrected chi connectivity index (χ3v) is 2.72. The van der Waals surface area contributed by atoms with Gasteiger partial charge in [-0.05, 0) is 12.3 Å². The van der Waals surface area contributed by atoms with E-state index in [1.165, 1.54) is 0 Å². The van der Waals surface area contributed by atoms with Crippen LogP contribution in [0.3, 0.4) is 0 Å². The van der Waals surface area contributed by atoms with Crippen molar-refractivity contribution in [3.8, 4) is 0 Å². The third kappa shape index (κ3) is 2.79. The quantitative estimate of drug-likeness (QED) is 0.658. The van der Waals surface area contributed by atoms with E-state index in [9.17, 15) is 4.79 Å². The van der Waals surface area contributed by atoms with E-state index in [0.717, 1.165) is 12.0 Å². The van der Waals surface area contributed by atoms with Crippen LogP contribution in [-0.4, -0.2) is 16.4 Å². The van der Waals surface area contributed by atoms with Gasteiger partial charge in [0.1, 0.15) is 10.3 Å². The minimum absolute atomic E-state index is 0.118. The Labute approximate surface area is 98.0 Å². The number of hydrogen-bond donors (Lipinski definition) is 1. The lowest BCUT2D eigenvalue weighted by Gasteiger charge is -2.12. The van der Waals surface area contributed by atoms with Crippen LogP contribution in [-0.2, 0) is 4.79 Å². The molecule has 82 valence electrons. The van der Waals surface area contributed by atoms with Crippen molar-refractivity contribution >= 4 is 35.6 Å². The first kappa shape index (κ1) is 12.2. The van der Waals surface area contributed by atoms with Gasteiger partial charge in [-0.2, -0.15) is 0 Å². The number of hydrogen-bond acceptors (Lipinski definition) is 3. The molecule has 0 fully saturated rings. The molecule has 1 N–H and O–H groups in total. The van der Waals surface area contributed by atoms with Gasteiger partial charge in [-0.25, -0.2) is 9.97 Å². The molecular formula is C9H11Cl2N3O. The number of rotatable bonds is 4. The van der Waals surface area contributed by atoms with Crippen LogP contribution in [0.15, 0.2) is 0 Å². The summed E-state index contributed by atoms with van der Waals surface area (Å²) in [6.45, 7) is 4.01. The summed E-state index contributed by atoms with van der Waals surface area (Å²) in [6.07, 6.45) is 1.37. The maximum absolute atomic E-state index is 10.2. The Hall–Kier alpha value is -0.870. The van der Waals surface area contributed by atoms with E-state index in [0.29, 0.717) is 6.41 Å². The first-order valence-corrected chi connectivity index (χ1v) is 5.28. The fourth-order valence-corrected chi connectivity index (χ4v) is 1.90. The molecule has 1 aromatic rings. The number of aromatic nitrogens is 2. The fraction of sp³-hybridized carbons (Fsp3) is 0.444. The van der Waals surface area contributed by atoms with Crippen LogP contribution in [0.1, 0.15) is 31.7 Å². The van der Waals surface area contributed by atoms with Crippen LogP contribution in [0.25, 0.3) is 0 Å². The molecule has 1 aromatic heterocycles. The van der Waals surface area contributed by atoms with E-state index in [1.807, 2.05) is 13.8 Å². The maximum atomic E-state index is 10.2. The number of amides is 1. The molecule has 0 saturated heterocycles. The Balaban J connectivity index is 3.14. The summed E-state index contributed by atoms with van der Waals surface area (Å²) < 4.78 is 0. The molecule has 0 aliphatic carbocycles. The second kappa shape index (κ2) is 5.28. The Morgan fingerprint density at radius 2 is 1.93 bits per heavy atom. The summed E-state index contributed by atoms with van der Waals surface area (Å²) in [4.78, 5) is 18.0. The first-order valence-electron chi connectivity index (χ1n) is 4.53. The molecule has 0 radical (unpaired) electrons. The molecule has 1 atom stereocenters. The smallest absolute Gasteiger partial charge is 0.232 e. The molecule has 1 heterocycles. The van der Waals surface area contributed by atoms with E-state index in [4.69, 9.17) is 23.2 Å². The van der Waals surface area contributed by atoms with Crippen molar-refractivity contribution in [3.05, 3.63) is 15.9 Å². The molecule has 0 aromatic carbocycles. The summed E-state index contributed by atoms with van der Waals surface area (Å²) in [7, 11) is 0. The molecule has 0 spiro atoms. The van der Waals surface area contributed by atoms with Crippen LogP contribution in [0.2, 0.25) is 10.3 Å². The Morgan fingerprint density at radius 1 is 1.40 bits per heavy atom. The zero-order chi connectivity index (χ0) is 11.4. The molecular weight excluding hydrogens is 237 g/mol. The van der Waals surface area contributed by atoms with Gasteiger partial charge in [0.25, 0.3) is 0 Å². The number of anilines is 1. The molecule has 4 nitrogen and oxygen atoms in total. The fourth-order valence-electron chi connectivity index (χ4n) is 1.14. The minimum Gasteiger partial charge on any atom is -0.297 e. The van der Waals surface area contributed by atoms with Gasteiger partial charge in [-0.3, -0.25) is 10.1 Å². The predicted octanol–water partition coefficient (Wildman–Crippen LogP) is 2.87. The predicted molar refractivity (Wildman–Crippen MR) is 60.4 cm³/mol. The molecule has 0 aliphatic heterocycles. The van der Waals surface area contributed by atoms with Gasteiger partial charge in [0.15, 0.2) is 0 Å². The van der Waals surface area contributed by atoms with E-state index in [-0.39, 0.29) is 22.2 Å². The van der Waals surface area contributed by atoms with Crippen molar-refractivity contribution in [3.63, 3.8) is 0 Å². The topological polar surface area (TPSA) is 54.9 Å². The zero-order valence-electron chi connectivity index (χ0n) is 8.42. The average Bonchev–Trinajstić information content (AvgIpc) is 2.16. The second-order valence-corrected chi connectivity index (χ2v) is 3.83. The molecule has 0 saturated carbocycles. The standard InChI is InChI=1S/C9H11Cl2N3O/c1-3-5(2)6-7(10)13-9(12-4-15)14-8(6)11/h4-5H,3H2,1-2H3,(H,12,13,14,15). The summed E-state index contributed by atoms with van der Waals surface area (Å²) in [5.41, 5.74) is 0.720. The van der Waals surface area contributed by atoms with Gasteiger partial charge in [-0.1, -0.05) is 37.0 Å². The Bertz CT molecular complexity index is 347. The SMILES string of the molecule is CCC(C)c1c(Cl)nc(NC=O)nc1Cl. The van der Waals surface area contributed by atoms with E-state index < -0.39 is 0 Å². The van der Waals surface area contributed by atoms with Crippen molar-refractivity contribution in [2.24, 2.45) is 0 Å². The zero-order valence-corrected chi connectivity index (χ0v) is 9.93. The van der Waals surface area contributed by atoms with Crippen LogP contribution in [0, 0.1) is 0 Å². The number of halogens is 2. The van der Waals surface area contributed by atoms with Gasteiger partial charge >= 0.3 is 0 Å². The van der Waals surface area contributed by atoms with Gasteiger partial charge in [0.05, 0.1) is 0 Å². The van der Waals surface area contributed by atoms with E-state index >= 15 is 0 Å². The lowest BCUT2D eigenvalue weighted by atomic mass is 10.0. The normalized spacial score (nSPS) is 12.3. The van der Waals surface area contributed by atoms with Gasteiger partial charge in [0.2, 0.25) is 12.4 Å². The van der Waals surface area contributed by atoms with Crippen molar-refractivity contribution < 1.29 is 4.79 Å². The molecule has 0 bridgehead atoms. The van der Waals surface area contributed by atoms with Crippen molar-refractivity contribution in [1.82, 2.24) is 9.97 Å². The highest BCUT2D eigenvalue weighted by Gasteiger charge is 2.16. The number of nitrogens with zero attached hydrogens (tertiary/aromatic N) is 2. The number of carbonyl (C=O) groups is 1. The van der Waals surface area contributed by atoms with Crippen LogP contribution in [0.4, 0.5) is 5.95 Å². The molecule has 6 heteroatoms. The van der Waals surface area contributed by atoms with Crippen molar-refractivity contribution in [2.45, 2.75) is 26.2 Å². The van der Waals surface area contributed by atoms with Crippen LogP contribution in [0.5, 0.6) is 0 Å². The summed E-state index contributed by atoms with van der Waals surface area (Å²) in [6, 6.07) is 0. The maximum Gasteiger partial charge on any atom is 0.232 e. The largest absolute Gasteiger partial charge is 0.297 e. The molecule has 1 amide bonds. The Morgan fingerprint density at radius 3 is 2.33 bits per heavy atom. The molecule has 1 rings (SSSR count). The number of carbonyl (C=O) groups excluding carboxylic acids is 1. The lowest BCUT2D eigenvalue weighted by molar-refractivity contribution is -0.105. The second-order valence-electron chi connectivity index (χ2n) is 3.11. The van der Waals surface area contributed by atoms with Crippen LogP contribution >= 0.6 is 23.2 Å². The summed E-state index contributed by atoms with van der Waals surface area (Å²) >= 11 is 11.9. The molecule has 1 unspecified atom stereocenters. The van der Waals surface area contributed by atoms with E-state index in [1.54, 1.807) is 0 Å². The van der Waals surface area contributed by atoms with Crippen molar-refractivity contribution in [2.75, 3.05) is 5.32 Å². The average molecular weight is 248 g/mol. The lowest BCUT2D eigenvalue weighted by Crippen LogP contribution is -2.05. The van der Waals surface area contributed by atoms with Gasteiger partial charge in [-0.15, -0.1) is 0 Å². The minimum atomic E-state index is 0.118. The first-order chi connectivity index (χ1) is 7.10. The molecule has 0 aliphatic rings. The van der Waals surface area contributed by atoms with Gasteiger partial charge in [0, 0.05) is 5.56 Å². The van der Waals surface area contributed by atoms with Crippen molar-refractivity contribution in [1.29, 1.82) is 0 Å². The summed E-state index contributed by atoms with van der Waals surface area (Å²) in [5, 5.41) is 2.87. The highest BCUT2D eigenvalue weighted by atomic mass is 35.5. The van der Waals surface area contributed by atoms with Gasteiger partial charge < -0.3 is 0 Å². The monoisotopic (exact) mass is 247 g/mol. The number of nitrogens with one attached hydrogen (secondary N) is 1. The highest BCUT2D eigenvalue weighted by Crippen LogP contribution is 2.31. The van der Waals surface area contributed by atoms with Crippen LogP contribution < -0.4 is 5.32 Å². The molecule has 15 heavy (non-hydrogen) atoms. The third-order valence-electron chi connectivity index (χ3n) is 2.15. The summed E-state index contributed by atoms with van der Waals surface area (Å²) in [5.74, 6) is 0.308. The highest BCUT2D eigenvalue weighted by molar-refractivity contribution is 6.34.